The van der Waals surface area contributed by atoms with E-state index in [1.165, 1.54) is 4.68 Å². The standard InChI is InChI=1S/C17H22F3N5O/c1-3-9-24-10-8-14(22-24)21-16(26)12(4-2)25-13-7-5-6-11(13)15(23-25)17(18,19)20/h8,10,12H,3-7,9H2,1-2H3,(H,21,22,26)/t12-/m0/s1. The van der Waals surface area contributed by atoms with Gasteiger partial charge in [0.1, 0.15) is 6.04 Å². The lowest BCUT2D eigenvalue weighted by Crippen LogP contribution is -2.28. The number of anilines is 1. The van der Waals surface area contributed by atoms with Crippen molar-refractivity contribution in [2.45, 2.75) is 64.7 Å². The van der Waals surface area contributed by atoms with E-state index in [2.05, 4.69) is 15.5 Å². The summed E-state index contributed by atoms with van der Waals surface area (Å²) in [6.45, 7) is 4.51. The molecule has 0 bridgehead atoms. The van der Waals surface area contributed by atoms with Crippen LogP contribution in [0, 0.1) is 0 Å². The van der Waals surface area contributed by atoms with Gasteiger partial charge in [0.15, 0.2) is 11.5 Å². The lowest BCUT2D eigenvalue weighted by Gasteiger charge is -2.17. The van der Waals surface area contributed by atoms with E-state index >= 15 is 0 Å². The van der Waals surface area contributed by atoms with Crippen molar-refractivity contribution < 1.29 is 18.0 Å². The number of hydrogen-bond acceptors (Lipinski definition) is 3. The van der Waals surface area contributed by atoms with E-state index in [4.69, 9.17) is 0 Å². The van der Waals surface area contributed by atoms with Crippen LogP contribution in [0.4, 0.5) is 19.0 Å². The van der Waals surface area contributed by atoms with Gasteiger partial charge in [0, 0.05) is 30.1 Å². The number of fused-ring (bicyclic) bond motifs is 1. The van der Waals surface area contributed by atoms with Gasteiger partial charge >= 0.3 is 6.18 Å². The van der Waals surface area contributed by atoms with E-state index in [-0.39, 0.29) is 5.56 Å². The normalized spacial score (nSPS) is 15.1. The lowest BCUT2D eigenvalue weighted by atomic mass is 10.1. The minimum atomic E-state index is -4.51. The molecule has 3 rings (SSSR count). The highest BCUT2D eigenvalue weighted by Gasteiger charge is 2.41. The van der Waals surface area contributed by atoms with Crippen LogP contribution in [0.2, 0.25) is 0 Å². The number of alkyl halides is 3. The molecule has 0 unspecified atom stereocenters. The smallest absolute Gasteiger partial charge is 0.307 e. The zero-order chi connectivity index (χ0) is 18.9. The maximum absolute atomic E-state index is 13.3. The summed E-state index contributed by atoms with van der Waals surface area (Å²) in [6, 6.07) is 0.879. The average molecular weight is 369 g/mol. The SMILES string of the molecule is CCCn1ccc(NC(=O)[C@H](CC)n2nc(C(F)(F)F)c3c2CCC3)n1. The molecule has 0 fully saturated rings. The molecule has 1 atom stereocenters. The van der Waals surface area contributed by atoms with Crippen molar-refractivity contribution >= 4 is 11.7 Å². The summed E-state index contributed by atoms with van der Waals surface area (Å²) in [5.74, 6) is -0.0121. The molecule has 0 radical (unpaired) electrons. The minimum absolute atomic E-state index is 0.232. The first-order chi connectivity index (χ1) is 12.3. The van der Waals surface area contributed by atoms with Gasteiger partial charge < -0.3 is 5.32 Å². The van der Waals surface area contributed by atoms with Crippen molar-refractivity contribution in [1.82, 2.24) is 19.6 Å². The van der Waals surface area contributed by atoms with Gasteiger partial charge in [-0.25, -0.2) is 0 Å². The van der Waals surface area contributed by atoms with Crippen LogP contribution in [0.5, 0.6) is 0 Å². The molecule has 6 nitrogen and oxygen atoms in total. The Balaban J connectivity index is 1.85. The molecule has 1 N–H and O–H groups in total. The van der Waals surface area contributed by atoms with Crippen molar-refractivity contribution in [1.29, 1.82) is 0 Å². The fourth-order valence-electron chi connectivity index (χ4n) is 3.41. The van der Waals surface area contributed by atoms with Gasteiger partial charge in [-0.1, -0.05) is 13.8 Å². The van der Waals surface area contributed by atoms with Crippen LogP contribution in [0.1, 0.15) is 56.1 Å². The number of aromatic nitrogens is 4. The van der Waals surface area contributed by atoms with Gasteiger partial charge in [0.05, 0.1) is 0 Å². The molecule has 26 heavy (non-hydrogen) atoms. The van der Waals surface area contributed by atoms with Crippen LogP contribution < -0.4 is 5.32 Å². The molecule has 142 valence electrons. The fourth-order valence-corrected chi connectivity index (χ4v) is 3.41. The Kier molecular flexibility index (Phi) is 5.06. The third-order valence-corrected chi connectivity index (χ3v) is 4.56. The Morgan fingerprint density at radius 1 is 1.31 bits per heavy atom. The maximum atomic E-state index is 13.3. The van der Waals surface area contributed by atoms with Gasteiger partial charge in [-0.3, -0.25) is 14.2 Å². The van der Waals surface area contributed by atoms with Crippen LogP contribution in [0.25, 0.3) is 0 Å². The molecule has 0 aliphatic heterocycles. The van der Waals surface area contributed by atoms with Crippen molar-refractivity contribution in [3.63, 3.8) is 0 Å². The van der Waals surface area contributed by atoms with Gasteiger partial charge in [0.2, 0.25) is 5.91 Å². The first-order valence-electron chi connectivity index (χ1n) is 8.86. The first-order valence-corrected chi connectivity index (χ1v) is 8.86. The number of hydrogen-bond donors (Lipinski definition) is 1. The number of nitrogens with one attached hydrogen (secondary N) is 1. The van der Waals surface area contributed by atoms with E-state index in [9.17, 15) is 18.0 Å². The zero-order valence-corrected chi connectivity index (χ0v) is 14.8. The van der Waals surface area contributed by atoms with Crippen LogP contribution in [0.3, 0.4) is 0 Å². The Bertz CT molecular complexity index is 793. The third-order valence-electron chi connectivity index (χ3n) is 4.56. The van der Waals surface area contributed by atoms with Crippen molar-refractivity contribution in [3.05, 3.63) is 29.2 Å². The Labute approximate surface area is 149 Å². The van der Waals surface area contributed by atoms with Crippen LogP contribution in [-0.2, 0) is 30.4 Å². The second-order valence-electron chi connectivity index (χ2n) is 6.45. The number of amides is 1. The maximum Gasteiger partial charge on any atom is 0.435 e. The monoisotopic (exact) mass is 369 g/mol. The molecule has 2 aromatic rings. The van der Waals surface area contributed by atoms with Gasteiger partial charge in [-0.05, 0) is 32.1 Å². The molecule has 0 spiro atoms. The van der Waals surface area contributed by atoms with E-state index in [1.54, 1.807) is 23.9 Å². The molecule has 2 heterocycles. The van der Waals surface area contributed by atoms with Crippen molar-refractivity contribution in [2.24, 2.45) is 0 Å². The highest BCUT2D eigenvalue weighted by atomic mass is 19.4. The highest BCUT2D eigenvalue weighted by Crippen LogP contribution is 2.37. The summed E-state index contributed by atoms with van der Waals surface area (Å²) >= 11 is 0. The van der Waals surface area contributed by atoms with E-state index in [1.807, 2.05) is 6.92 Å². The van der Waals surface area contributed by atoms with Crippen LogP contribution in [0.15, 0.2) is 12.3 Å². The number of aryl methyl sites for hydroxylation is 1. The summed E-state index contributed by atoms with van der Waals surface area (Å²) in [4.78, 5) is 12.7. The average Bonchev–Trinajstić information content (AvgIpc) is 3.25. The predicted octanol–water partition coefficient (Wildman–Crippen LogP) is 3.59. The minimum Gasteiger partial charge on any atom is -0.307 e. The molecule has 1 aliphatic rings. The molecular weight excluding hydrogens is 347 g/mol. The number of carbonyl (C=O) groups is 1. The second kappa shape index (κ2) is 7.13. The number of rotatable bonds is 6. The lowest BCUT2D eigenvalue weighted by molar-refractivity contribution is -0.142. The Morgan fingerprint density at radius 2 is 2.08 bits per heavy atom. The van der Waals surface area contributed by atoms with Gasteiger partial charge in [-0.2, -0.15) is 23.4 Å². The van der Waals surface area contributed by atoms with Crippen molar-refractivity contribution in [3.8, 4) is 0 Å². The van der Waals surface area contributed by atoms with Crippen LogP contribution in [-0.4, -0.2) is 25.5 Å². The summed E-state index contributed by atoms with van der Waals surface area (Å²) in [5.41, 5.74) is -0.102. The largest absolute Gasteiger partial charge is 0.435 e. The summed E-state index contributed by atoms with van der Waals surface area (Å²) in [7, 11) is 0. The number of halogens is 3. The van der Waals surface area contributed by atoms with Crippen LogP contribution >= 0.6 is 0 Å². The third kappa shape index (κ3) is 3.47. The Morgan fingerprint density at radius 3 is 2.73 bits per heavy atom. The van der Waals surface area contributed by atoms with E-state index in [0.29, 0.717) is 37.2 Å². The molecular formula is C17H22F3N5O. The molecule has 2 aromatic heterocycles. The first kappa shape index (κ1) is 18.5. The van der Waals surface area contributed by atoms with Gasteiger partial charge in [0.25, 0.3) is 0 Å². The summed E-state index contributed by atoms with van der Waals surface area (Å²) in [6.07, 6.45) is 0.00668. The molecule has 1 aliphatic carbocycles. The van der Waals surface area contributed by atoms with Crippen molar-refractivity contribution in [2.75, 3.05) is 5.32 Å². The highest BCUT2D eigenvalue weighted by molar-refractivity contribution is 5.92. The number of nitrogens with zero attached hydrogens (tertiary/aromatic N) is 4. The topological polar surface area (TPSA) is 64.7 Å². The van der Waals surface area contributed by atoms with Gasteiger partial charge in [-0.15, -0.1) is 0 Å². The number of carbonyl (C=O) groups excluding carboxylic acids is 1. The Hall–Kier alpha value is -2.32. The molecule has 1 amide bonds. The fraction of sp³-hybridized carbons (Fsp3) is 0.588. The van der Waals surface area contributed by atoms with E-state index in [0.717, 1.165) is 13.0 Å². The molecule has 9 heteroatoms. The van der Waals surface area contributed by atoms with E-state index < -0.39 is 23.8 Å². The quantitative estimate of drug-likeness (QED) is 0.846. The molecule has 0 saturated heterocycles. The second-order valence-corrected chi connectivity index (χ2v) is 6.45. The zero-order valence-electron chi connectivity index (χ0n) is 14.8. The molecule has 0 aromatic carbocycles. The summed E-state index contributed by atoms with van der Waals surface area (Å²) < 4.78 is 42.8. The summed E-state index contributed by atoms with van der Waals surface area (Å²) in [5, 5.41) is 10.7. The predicted molar refractivity (Wildman–Crippen MR) is 89.7 cm³/mol. The molecule has 0 saturated carbocycles.